The van der Waals surface area contributed by atoms with Crippen molar-refractivity contribution in [1.82, 2.24) is 30.6 Å². The van der Waals surface area contributed by atoms with Crippen molar-refractivity contribution < 1.29 is 33.4 Å². The molecular formula is C46H53ClN8O7. The van der Waals surface area contributed by atoms with Crippen molar-refractivity contribution >= 4 is 47.0 Å². The minimum absolute atomic E-state index is 0.0269. The zero-order valence-corrected chi connectivity index (χ0v) is 36.7. The summed E-state index contributed by atoms with van der Waals surface area (Å²) in [5.74, 6) is -0.0706. The van der Waals surface area contributed by atoms with Crippen molar-refractivity contribution in [2.75, 3.05) is 24.5 Å². The van der Waals surface area contributed by atoms with Crippen LogP contribution in [0, 0.1) is 28.1 Å². The molecule has 1 atom stereocenters. The maximum Gasteiger partial charge on any atom is 0.272 e. The lowest BCUT2D eigenvalue weighted by Crippen LogP contribution is -2.74. The highest BCUT2D eigenvalue weighted by Crippen LogP contribution is 2.55. The second kappa shape index (κ2) is 16.6. The van der Waals surface area contributed by atoms with Crippen LogP contribution in [0.2, 0.25) is 5.02 Å². The molecule has 8 rings (SSSR count). The van der Waals surface area contributed by atoms with E-state index in [-0.39, 0.29) is 53.8 Å². The molecule has 3 aliphatic heterocycles. The van der Waals surface area contributed by atoms with E-state index in [9.17, 15) is 29.2 Å². The van der Waals surface area contributed by atoms with Gasteiger partial charge in [-0.2, -0.15) is 5.26 Å². The Morgan fingerprint density at radius 1 is 0.935 bits per heavy atom. The van der Waals surface area contributed by atoms with Crippen LogP contribution in [0.3, 0.4) is 0 Å². The summed E-state index contributed by atoms with van der Waals surface area (Å²) in [7, 11) is 0. The molecule has 4 fully saturated rings. The highest BCUT2D eigenvalue weighted by molar-refractivity contribution is 6.31. The largest absolute Gasteiger partial charge is 0.490 e. The van der Waals surface area contributed by atoms with Gasteiger partial charge in [0.2, 0.25) is 11.8 Å². The number of carbonyl (C=O) groups excluding carboxylic acids is 5. The number of amides is 5. The van der Waals surface area contributed by atoms with Crippen molar-refractivity contribution in [1.29, 1.82) is 5.26 Å². The van der Waals surface area contributed by atoms with Crippen LogP contribution in [0.25, 0.3) is 0 Å². The van der Waals surface area contributed by atoms with Crippen LogP contribution in [-0.4, -0.2) is 106 Å². The number of rotatable bonds is 12. The lowest BCUT2D eigenvalue weighted by Gasteiger charge is -2.63. The standard InChI is InChI=1S/C46H53ClN8O7/c1-25(2)54(28-19-31(20-28)61-29-9-10-32-33(21-29)42(60)55(41(32)59)36-12-14-38(56)49-40(36)58)24-26-15-17-53(18-16-26)37-13-11-35(51-52-37)39(57)50-43-45(3,4)44(46(43,5)6)62-30-8-7-27(23-48)34(47)22-30/h7-11,13,21-22,25-26,28,31,36,43-44H,12,14-20,24H2,1-6H3,(H,50,57)(H,49,56,58)/t28-,31-,36?,43-,44-. The lowest BCUT2D eigenvalue weighted by atomic mass is 9.49. The van der Waals surface area contributed by atoms with Gasteiger partial charge in [-0.15, -0.1) is 10.2 Å². The van der Waals surface area contributed by atoms with E-state index >= 15 is 0 Å². The maximum atomic E-state index is 13.5. The van der Waals surface area contributed by atoms with E-state index in [1.165, 1.54) is 0 Å². The minimum atomic E-state index is -1.01. The first-order valence-corrected chi connectivity index (χ1v) is 21.9. The second-order valence-electron chi connectivity index (χ2n) is 18.8. The fraction of sp³-hybridized carbons (Fsp3) is 0.522. The zero-order chi connectivity index (χ0) is 44.2. The van der Waals surface area contributed by atoms with E-state index in [0.29, 0.717) is 40.1 Å². The molecule has 4 heterocycles. The number of imide groups is 2. The predicted molar refractivity (Wildman–Crippen MR) is 229 cm³/mol. The Kier molecular flexibility index (Phi) is 11.5. The zero-order valence-electron chi connectivity index (χ0n) is 35.9. The van der Waals surface area contributed by atoms with E-state index in [4.69, 9.17) is 21.1 Å². The summed E-state index contributed by atoms with van der Waals surface area (Å²) in [6.07, 6.45) is 3.62. The van der Waals surface area contributed by atoms with Crippen LogP contribution in [-0.2, 0) is 9.59 Å². The van der Waals surface area contributed by atoms with Gasteiger partial charge in [0.1, 0.15) is 35.8 Å². The van der Waals surface area contributed by atoms with Crippen molar-refractivity contribution in [2.24, 2.45) is 16.7 Å². The molecule has 2 saturated carbocycles. The molecule has 2 aliphatic carbocycles. The number of nitrogens with zero attached hydrogens (tertiary/aromatic N) is 6. The third kappa shape index (κ3) is 7.99. The smallest absolute Gasteiger partial charge is 0.272 e. The van der Waals surface area contributed by atoms with Crippen molar-refractivity contribution in [3.63, 3.8) is 0 Å². The summed E-state index contributed by atoms with van der Waals surface area (Å²) in [5.41, 5.74) is 0.273. The first-order chi connectivity index (χ1) is 29.5. The molecule has 2 saturated heterocycles. The molecule has 0 bridgehead atoms. The summed E-state index contributed by atoms with van der Waals surface area (Å²) in [6.45, 7) is 15.3. The molecule has 1 aromatic heterocycles. The number of ether oxygens (including phenoxy) is 2. The summed E-state index contributed by atoms with van der Waals surface area (Å²) in [6, 6.07) is 15.1. The number of carbonyl (C=O) groups is 5. The number of nitrogens with one attached hydrogen (secondary N) is 2. The van der Waals surface area contributed by atoms with E-state index in [1.807, 2.05) is 6.07 Å². The second-order valence-corrected chi connectivity index (χ2v) is 19.2. The average Bonchev–Trinajstić information content (AvgIpc) is 3.47. The van der Waals surface area contributed by atoms with Crippen molar-refractivity contribution in [3.8, 4) is 17.6 Å². The Balaban J connectivity index is 0.795. The Hall–Kier alpha value is -5.59. The number of fused-ring (bicyclic) bond motifs is 1. The summed E-state index contributed by atoms with van der Waals surface area (Å²) < 4.78 is 12.7. The molecule has 15 nitrogen and oxygen atoms in total. The van der Waals surface area contributed by atoms with Gasteiger partial charge in [-0.25, -0.2) is 0 Å². The van der Waals surface area contributed by atoms with Crippen LogP contribution < -0.4 is 25.0 Å². The number of nitriles is 1. The van der Waals surface area contributed by atoms with Crippen molar-refractivity contribution in [2.45, 2.75) is 116 Å². The maximum absolute atomic E-state index is 13.5. The first kappa shape index (κ1) is 43.1. The van der Waals surface area contributed by atoms with E-state index in [1.54, 1.807) is 42.5 Å². The number of hydrogen-bond acceptors (Lipinski definition) is 12. The molecule has 62 heavy (non-hydrogen) atoms. The normalized spacial score (nSPS) is 25.5. The molecule has 5 amide bonds. The summed E-state index contributed by atoms with van der Waals surface area (Å²) in [4.78, 5) is 69.7. The molecular weight excluding hydrogens is 812 g/mol. The fourth-order valence-corrected chi connectivity index (χ4v) is 10.7. The van der Waals surface area contributed by atoms with Gasteiger partial charge in [0.05, 0.1) is 21.7 Å². The number of piperidine rings is 2. The molecule has 0 spiro atoms. The third-order valence-electron chi connectivity index (χ3n) is 13.6. The predicted octanol–water partition coefficient (Wildman–Crippen LogP) is 5.55. The number of hydrogen-bond donors (Lipinski definition) is 2. The van der Waals surface area contributed by atoms with Gasteiger partial charge in [0.25, 0.3) is 17.7 Å². The van der Waals surface area contributed by atoms with E-state index < -0.39 is 40.5 Å². The number of halogens is 1. The van der Waals surface area contributed by atoms with Crippen molar-refractivity contribution in [3.05, 3.63) is 75.9 Å². The Labute approximate surface area is 366 Å². The summed E-state index contributed by atoms with van der Waals surface area (Å²) in [5, 5.41) is 23.8. The average molecular weight is 865 g/mol. The molecule has 3 aromatic rings. The van der Waals surface area contributed by atoms with Gasteiger partial charge in [-0.3, -0.25) is 39.1 Å². The molecule has 2 aromatic carbocycles. The molecule has 2 N–H and O–H groups in total. The van der Waals surface area contributed by atoms with E-state index in [0.717, 1.165) is 56.0 Å². The molecule has 5 aliphatic rings. The third-order valence-corrected chi connectivity index (χ3v) is 13.9. The number of benzene rings is 2. The minimum Gasteiger partial charge on any atom is -0.490 e. The molecule has 1 unspecified atom stereocenters. The lowest BCUT2D eigenvalue weighted by molar-refractivity contribution is -0.164. The fourth-order valence-electron chi connectivity index (χ4n) is 10.5. The molecule has 16 heteroatoms. The van der Waals surface area contributed by atoms with Crippen LogP contribution in [0.1, 0.15) is 117 Å². The van der Waals surface area contributed by atoms with Crippen LogP contribution in [0.5, 0.6) is 11.5 Å². The van der Waals surface area contributed by atoms with Gasteiger partial charge >= 0.3 is 0 Å². The van der Waals surface area contributed by atoms with E-state index in [2.05, 4.69) is 78.2 Å². The Morgan fingerprint density at radius 2 is 1.61 bits per heavy atom. The quantitative estimate of drug-likeness (QED) is 0.217. The molecule has 0 radical (unpaired) electrons. The first-order valence-electron chi connectivity index (χ1n) is 21.5. The van der Waals surface area contributed by atoms with Gasteiger partial charge in [0, 0.05) is 73.9 Å². The van der Waals surface area contributed by atoms with Crippen LogP contribution >= 0.6 is 11.6 Å². The highest BCUT2D eigenvalue weighted by Gasteiger charge is 2.64. The Bertz CT molecular complexity index is 2320. The van der Waals surface area contributed by atoms with Gasteiger partial charge in [0.15, 0.2) is 11.5 Å². The Morgan fingerprint density at radius 3 is 2.24 bits per heavy atom. The highest BCUT2D eigenvalue weighted by atomic mass is 35.5. The van der Waals surface area contributed by atoms with Crippen LogP contribution in [0.4, 0.5) is 5.82 Å². The van der Waals surface area contributed by atoms with Crippen LogP contribution in [0.15, 0.2) is 48.5 Å². The van der Waals surface area contributed by atoms with Gasteiger partial charge < -0.3 is 19.7 Å². The topological polar surface area (TPSA) is 187 Å². The van der Waals surface area contributed by atoms with Gasteiger partial charge in [-0.1, -0.05) is 39.3 Å². The van der Waals surface area contributed by atoms with Gasteiger partial charge in [-0.05, 0) is 81.5 Å². The SMILES string of the molecule is CC(C)N(CC1CCN(c2ccc(C(=O)N[C@H]3C(C)(C)[C@H](Oc4ccc(C#N)c(Cl)c4)C3(C)C)nn2)CC1)[C@H]1C[C@H](Oc2ccc3c(c2)C(=O)N(C2CCC(=O)NC2=O)C3=O)C1. The monoisotopic (exact) mass is 864 g/mol. The molecule has 326 valence electrons. The number of anilines is 1. The number of aromatic nitrogens is 2. The summed E-state index contributed by atoms with van der Waals surface area (Å²) >= 11 is 6.25.